The van der Waals surface area contributed by atoms with Crippen LogP contribution < -0.4 is 0 Å². The summed E-state index contributed by atoms with van der Waals surface area (Å²) < 4.78 is 0.884. The number of rotatable bonds is 3. The molecule has 0 aromatic heterocycles. The molecule has 9 heavy (non-hydrogen) atoms. The second-order valence-electron chi connectivity index (χ2n) is 1.67. The molecule has 0 aliphatic rings. The van der Waals surface area contributed by atoms with Gasteiger partial charge in [0, 0.05) is 5.75 Å². The van der Waals surface area contributed by atoms with Crippen molar-refractivity contribution < 1.29 is 0 Å². The average molecular weight is 158 g/mol. The Bertz CT molecular complexity index is 136. The van der Waals surface area contributed by atoms with Gasteiger partial charge in [-0.05, 0) is 12.5 Å². The zero-order valence-corrected chi connectivity index (χ0v) is 7.15. The number of hydrogen-bond donors (Lipinski definition) is 0. The molecule has 0 fully saturated rings. The van der Waals surface area contributed by atoms with Crippen LogP contribution in [0.2, 0.25) is 0 Å². The lowest BCUT2D eigenvalue weighted by molar-refractivity contribution is 1.68. The summed E-state index contributed by atoms with van der Waals surface area (Å²) in [5, 5.41) is 0. The molecule has 0 N–H and O–H groups in total. The van der Waals surface area contributed by atoms with E-state index in [4.69, 9.17) is 12.2 Å². The Hall–Kier alpha value is -0.0800. The van der Waals surface area contributed by atoms with Gasteiger partial charge in [-0.15, -0.1) is 18.3 Å². The van der Waals surface area contributed by atoms with Gasteiger partial charge in [0.2, 0.25) is 0 Å². The predicted molar refractivity (Wildman–Crippen MR) is 50.1 cm³/mol. The largest absolute Gasteiger partial charge is 0.110 e. The summed E-state index contributed by atoms with van der Waals surface area (Å²) in [4.78, 5) is 0. The third kappa shape index (κ3) is 4.43. The smallest absolute Gasteiger partial charge is 0.0732 e. The Kier molecular flexibility index (Phi) is 4.72. The van der Waals surface area contributed by atoms with Crippen molar-refractivity contribution in [2.75, 3.05) is 5.75 Å². The van der Waals surface area contributed by atoms with E-state index >= 15 is 0 Å². The molecule has 0 bridgehead atoms. The van der Waals surface area contributed by atoms with Gasteiger partial charge in [-0.25, -0.2) is 0 Å². The van der Waals surface area contributed by atoms with Gasteiger partial charge in [-0.3, -0.25) is 0 Å². The Morgan fingerprint density at radius 1 is 1.78 bits per heavy atom. The molecular weight excluding hydrogens is 148 g/mol. The van der Waals surface area contributed by atoms with Gasteiger partial charge in [0.25, 0.3) is 0 Å². The van der Waals surface area contributed by atoms with Crippen LogP contribution in [0.1, 0.15) is 6.92 Å². The first-order chi connectivity index (χ1) is 4.18. The Morgan fingerprint density at radius 2 is 2.33 bits per heavy atom. The topological polar surface area (TPSA) is 0 Å². The maximum atomic E-state index is 4.96. The molecule has 0 aromatic carbocycles. The molecule has 2 heteroatoms. The van der Waals surface area contributed by atoms with Crippen molar-refractivity contribution in [3.8, 4) is 0 Å². The van der Waals surface area contributed by atoms with Crippen molar-refractivity contribution in [3.63, 3.8) is 0 Å². The van der Waals surface area contributed by atoms with Crippen LogP contribution in [0.25, 0.3) is 0 Å². The lowest BCUT2D eigenvalue weighted by Gasteiger charge is -1.96. The van der Waals surface area contributed by atoms with Crippen LogP contribution in [0, 0.1) is 0 Å². The molecule has 0 heterocycles. The van der Waals surface area contributed by atoms with E-state index in [1.165, 1.54) is 0 Å². The van der Waals surface area contributed by atoms with E-state index in [2.05, 4.69) is 13.2 Å². The molecule has 0 unspecified atom stereocenters. The lowest BCUT2D eigenvalue weighted by atomic mass is 10.4. The van der Waals surface area contributed by atoms with Crippen LogP contribution in [0.5, 0.6) is 0 Å². The minimum absolute atomic E-state index is 0.881. The Balaban J connectivity index is 3.51. The summed E-state index contributed by atoms with van der Waals surface area (Å²) in [5.41, 5.74) is 0.969. The van der Waals surface area contributed by atoms with Crippen molar-refractivity contribution in [1.82, 2.24) is 0 Å². The molecule has 0 saturated carbocycles. The lowest BCUT2D eigenvalue weighted by Crippen LogP contribution is -1.87. The molecule has 0 atom stereocenters. The van der Waals surface area contributed by atoms with Crippen LogP contribution in [-0.2, 0) is 0 Å². The molecule has 0 amide bonds. The van der Waals surface area contributed by atoms with E-state index < -0.39 is 0 Å². The zero-order valence-electron chi connectivity index (χ0n) is 5.52. The number of thiocarbonyl (C=S) groups is 1. The van der Waals surface area contributed by atoms with Crippen LogP contribution in [0.4, 0.5) is 0 Å². The number of hydrogen-bond acceptors (Lipinski definition) is 2. The first kappa shape index (κ1) is 8.92. The molecule has 0 radical (unpaired) electrons. The van der Waals surface area contributed by atoms with Crippen LogP contribution in [-0.4, -0.2) is 9.95 Å². The van der Waals surface area contributed by atoms with Crippen LogP contribution in [0.3, 0.4) is 0 Å². The highest BCUT2D eigenvalue weighted by atomic mass is 32.2. The van der Waals surface area contributed by atoms with E-state index in [0.717, 1.165) is 15.5 Å². The maximum absolute atomic E-state index is 4.96. The molecule has 0 aliphatic carbocycles. The van der Waals surface area contributed by atoms with E-state index in [-0.39, 0.29) is 0 Å². The summed E-state index contributed by atoms with van der Waals surface area (Å²) in [5.74, 6) is 0.881. The summed E-state index contributed by atoms with van der Waals surface area (Å²) in [6.45, 7) is 9.21. The minimum atomic E-state index is 0.881. The van der Waals surface area contributed by atoms with Crippen molar-refractivity contribution in [1.29, 1.82) is 0 Å². The maximum Gasteiger partial charge on any atom is 0.0732 e. The van der Waals surface area contributed by atoms with Crippen molar-refractivity contribution >= 4 is 28.2 Å². The fourth-order valence-corrected chi connectivity index (χ4v) is 0.978. The van der Waals surface area contributed by atoms with Gasteiger partial charge in [-0.1, -0.05) is 24.9 Å². The zero-order chi connectivity index (χ0) is 7.28. The van der Waals surface area contributed by atoms with Crippen LogP contribution in [0.15, 0.2) is 24.8 Å². The van der Waals surface area contributed by atoms with Gasteiger partial charge in [0.15, 0.2) is 0 Å². The second kappa shape index (κ2) is 4.77. The summed E-state index contributed by atoms with van der Waals surface area (Å²) >= 11 is 6.56. The van der Waals surface area contributed by atoms with Gasteiger partial charge < -0.3 is 0 Å². The normalized spacial score (nSPS) is 8.56. The van der Waals surface area contributed by atoms with Crippen molar-refractivity contribution in [3.05, 3.63) is 24.8 Å². The highest BCUT2D eigenvalue weighted by Gasteiger charge is 1.93. The molecule has 0 spiro atoms. The fourth-order valence-electron chi connectivity index (χ4n) is 0.258. The summed E-state index contributed by atoms with van der Waals surface area (Å²) in [6.07, 6.45) is 1.83. The highest BCUT2D eigenvalue weighted by molar-refractivity contribution is 8.23. The van der Waals surface area contributed by atoms with E-state index in [0.29, 0.717) is 0 Å². The summed E-state index contributed by atoms with van der Waals surface area (Å²) in [6, 6.07) is 0. The molecule has 0 aromatic rings. The molecule has 50 valence electrons. The second-order valence-corrected chi connectivity index (χ2v) is 3.36. The van der Waals surface area contributed by atoms with Gasteiger partial charge in [0.1, 0.15) is 0 Å². The average Bonchev–Trinajstić information content (AvgIpc) is 1.82. The highest BCUT2D eigenvalue weighted by Crippen LogP contribution is 2.10. The van der Waals surface area contributed by atoms with E-state index in [1.807, 2.05) is 13.0 Å². The van der Waals surface area contributed by atoms with E-state index in [1.54, 1.807) is 11.8 Å². The third-order valence-corrected chi connectivity index (χ3v) is 2.40. The van der Waals surface area contributed by atoms with Crippen molar-refractivity contribution in [2.24, 2.45) is 0 Å². The fraction of sp³-hybridized carbons (Fsp3) is 0.286. The molecular formula is C7H10S2. The SMILES string of the molecule is C=CCSC(=S)C(=C)C. The molecule has 0 rings (SSSR count). The monoisotopic (exact) mass is 158 g/mol. The Labute approximate surface area is 66.0 Å². The van der Waals surface area contributed by atoms with Crippen molar-refractivity contribution in [2.45, 2.75) is 6.92 Å². The standard InChI is InChI=1S/C7H10S2/c1-4-5-9-7(8)6(2)3/h4H,1-2,5H2,3H3. The predicted octanol–water partition coefficient (Wildman–Crippen LogP) is 2.81. The first-order valence-electron chi connectivity index (χ1n) is 2.62. The Morgan fingerprint density at radius 3 is 2.67 bits per heavy atom. The molecule has 0 aliphatic heterocycles. The quantitative estimate of drug-likeness (QED) is 0.352. The van der Waals surface area contributed by atoms with Gasteiger partial charge in [0.05, 0.1) is 4.20 Å². The van der Waals surface area contributed by atoms with Gasteiger partial charge >= 0.3 is 0 Å². The van der Waals surface area contributed by atoms with Gasteiger partial charge in [-0.2, -0.15) is 0 Å². The third-order valence-electron chi connectivity index (χ3n) is 0.681. The van der Waals surface area contributed by atoms with E-state index in [9.17, 15) is 0 Å². The number of thioether (sulfide) groups is 1. The minimum Gasteiger partial charge on any atom is -0.110 e. The first-order valence-corrected chi connectivity index (χ1v) is 4.01. The molecule has 0 saturated heterocycles. The molecule has 0 nitrogen and oxygen atoms in total. The van der Waals surface area contributed by atoms with Crippen LogP contribution >= 0.6 is 24.0 Å². The summed E-state index contributed by atoms with van der Waals surface area (Å²) in [7, 11) is 0.